The van der Waals surface area contributed by atoms with Crippen molar-refractivity contribution in [2.75, 3.05) is 6.61 Å². The third kappa shape index (κ3) is 5.59. The van der Waals surface area contributed by atoms with E-state index in [1.807, 2.05) is 0 Å². The lowest BCUT2D eigenvalue weighted by Crippen LogP contribution is -2.12. The topological polar surface area (TPSA) is 129 Å². The Morgan fingerprint density at radius 1 is 1.47 bits per heavy atom. The molecule has 0 fully saturated rings. The summed E-state index contributed by atoms with van der Waals surface area (Å²) in [5.74, 6) is -1.55. The minimum absolute atomic E-state index is 0.0275. The molecule has 1 heterocycles. The first-order chi connectivity index (χ1) is 14.0. The summed E-state index contributed by atoms with van der Waals surface area (Å²) in [7, 11) is 1.02. The number of rotatable bonds is 8. The number of halogens is 4. The molecule has 1 aromatic heterocycles. The van der Waals surface area contributed by atoms with Crippen LogP contribution in [0.4, 0.5) is 18.9 Å². The summed E-state index contributed by atoms with van der Waals surface area (Å²) in [5, 5.41) is 24.8. The van der Waals surface area contributed by atoms with E-state index < -0.39 is 40.1 Å². The van der Waals surface area contributed by atoms with Crippen molar-refractivity contribution < 1.29 is 37.6 Å². The summed E-state index contributed by atoms with van der Waals surface area (Å²) in [5.41, 5.74) is -1.64. The van der Waals surface area contributed by atoms with Crippen molar-refractivity contribution in [1.82, 2.24) is 9.78 Å². The van der Waals surface area contributed by atoms with E-state index in [2.05, 4.69) is 10.3 Å². The molecule has 0 atom stereocenters. The number of nitro groups is 1. The Kier molecular flexibility index (Phi) is 7.21. The molecule has 0 saturated heterocycles. The number of oxime groups is 1. The smallest absolute Gasteiger partial charge is 0.434 e. The van der Waals surface area contributed by atoms with Crippen LogP contribution in [-0.4, -0.2) is 38.7 Å². The number of esters is 1. The molecule has 14 heteroatoms. The molecule has 0 amide bonds. The minimum atomic E-state index is -4.79. The normalized spacial score (nSPS) is 11.6. The fraction of sp³-hybridized carbons (Fsp3) is 0.312. The van der Waals surface area contributed by atoms with Gasteiger partial charge in [0.1, 0.15) is 10.8 Å². The molecular weight excluding hydrogens is 437 g/mol. The average Bonchev–Trinajstić information content (AvgIpc) is 2.93. The fourth-order valence-corrected chi connectivity index (χ4v) is 2.66. The maximum Gasteiger partial charge on any atom is 0.434 e. The molecule has 0 radical (unpaired) electrons. The number of hydrogen-bond acceptors (Lipinski definition) is 8. The van der Waals surface area contributed by atoms with Crippen LogP contribution >= 0.6 is 11.6 Å². The van der Waals surface area contributed by atoms with Crippen molar-refractivity contribution in [3.63, 3.8) is 0 Å². The fourth-order valence-electron chi connectivity index (χ4n) is 2.36. The Hall–Kier alpha value is -3.35. The lowest BCUT2D eigenvalue weighted by Gasteiger charge is -2.10. The summed E-state index contributed by atoms with van der Waals surface area (Å²) in [6.07, 6.45) is -4.05. The first kappa shape index (κ1) is 22.9. The lowest BCUT2D eigenvalue weighted by atomic mass is 10.1. The molecule has 30 heavy (non-hydrogen) atoms. The molecule has 0 unspecified atom stereocenters. The molecule has 1 N–H and O–H groups in total. The molecule has 0 bridgehead atoms. The van der Waals surface area contributed by atoms with Gasteiger partial charge in [0.2, 0.25) is 0 Å². The predicted octanol–water partition coefficient (Wildman–Crippen LogP) is 3.73. The van der Waals surface area contributed by atoms with Crippen molar-refractivity contribution in [2.24, 2.45) is 12.2 Å². The maximum absolute atomic E-state index is 13.1. The second-order valence-corrected chi connectivity index (χ2v) is 6.10. The summed E-state index contributed by atoms with van der Waals surface area (Å²) >= 11 is 5.74. The zero-order valence-electron chi connectivity index (χ0n) is 15.2. The van der Waals surface area contributed by atoms with Gasteiger partial charge in [-0.1, -0.05) is 11.6 Å². The summed E-state index contributed by atoms with van der Waals surface area (Å²) in [6.45, 7) is -0.116. The average molecular weight is 451 g/mol. The number of carbonyl (C=O) groups excluding carboxylic acids is 1. The maximum atomic E-state index is 13.1. The van der Waals surface area contributed by atoms with Crippen molar-refractivity contribution in [3.8, 4) is 11.6 Å². The van der Waals surface area contributed by atoms with E-state index in [0.29, 0.717) is 4.68 Å². The first-order valence-corrected chi connectivity index (χ1v) is 8.48. The number of alkyl halides is 3. The van der Waals surface area contributed by atoms with Gasteiger partial charge in [0.25, 0.3) is 11.6 Å². The predicted molar refractivity (Wildman–Crippen MR) is 95.9 cm³/mol. The third-order valence-corrected chi connectivity index (χ3v) is 3.96. The van der Waals surface area contributed by atoms with E-state index in [1.165, 1.54) is 0 Å². The van der Waals surface area contributed by atoms with Gasteiger partial charge in [-0.25, -0.2) is 0 Å². The number of benzene rings is 1. The number of aromatic nitrogens is 2. The molecule has 2 aromatic rings. The molecule has 162 valence electrons. The summed E-state index contributed by atoms with van der Waals surface area (Å²) < 4.78 is 49.9. The van der Waals surface area contributed by atoms with Gasteiger partial charge in [0.15, 0.2) is 5.69 Å². The van der Waals surface area contributed by atoms with E-state index in [-0.39, 0.29) is 30.0 Å². The quantitative estimate of drug-likeness (QED) is 0.162. The van der Waals surface area contributed by atoms with Gasteiger partial charge in [-0.3, -0.25) is 19.6 Å². The van der Waals surface area contributed by atoms with E-state index in [1.54, 1.807) is 0 Å². The Labute approximate surface area is 171 Å². The van der Waals surface area contributed by atoms with Crippen LogP contribution in [0.15, 0.2) is 23.4 Å². The number of nitrogens with zero attached hydrogens (tertiary/aromatic N) is 4. The Morgan fingerprint density at radius 2 is 2.17 bits per heavy atom. The molecule has 2 rings (SSSR count). The highest BCUT2D eigenvalue weighted by Gasteiger charge is 2.39. The SMILES string of the molecule is Cn1nc(Oc2ccc([N+](=O)[O-])cc2CC(=O)OCCC=NO)c(Cl)c1C(F)(F)F. The molecule has 0 saturated carbocycles. The standard InChI is InChI=1S/C16H14ClF3N4O6/c1-23-14(16(18,19)20)13(17)15(22-23)30-11-4-3-10(24(27)28)7-9(11)8-12(25)29-6-2-5-21-26/h3-5,7,26H,2,6,8H2,1H3. The zero-order valence-corrected chi connectivity index (χ0v) is 16.0. The van der Waals surface area contributed by atoms with E-state index >= 15 is 0 Å². The molecule has 1 aromatic carbocycles. The van der Waals surface area contributed by atoms with E-state index in [0.717, 1.165) is 31.5 Å². The van der Waals surface area contributed by atoms with Crippen molar-refractivity contribution >= 4 is 29.5 Å². The van der Waals surface area contributed by atoms with Crippen LogP contribution in [0.3, 0.4) is 0 Å². The number of hydrogen-bond donors (Lipinski definition) is 1. The molecule has 0 aliphatic heterocycles. The van der Waals surface area contributed by atoms with Crippen LogP contribution in [0.5, 0.6) is 11.6 Å². The molecule has 0 aliphatic carbocycles. The van der Waals surface area contributed by atoms with Crippen LogP contribution < -0.4 is 4.74 Å². The minimum Gasteiger partial charge on any atom is -0.465 e. The van der Waals surface area contributed by atoms with Gasteiger partial charge >= 0.3 is 12.1 Å². The third-order valence-electron chi connectivity index (χ3n) is 3.62. The van der Waals surface area contributed by atoms with Gasteiger partial charge in [0, 0.05) is 37.4 Å². The van der Waals surface area contributed by atoms with Crippen LogP contribution in [0, 0.1) is 10.1 Å². The number of non-ortho nitro benzene ring substituents is 1. The first-order valence-electron chi connectivity index (χ1n) is 8.11. The molecule has 10 nitrogen and oxygen atoms in total. The van der Waals surface area contributed by atoms with Crippen molar-refractivity contribution in [2.45, 2.75) is 19.0 Å². The molecule has 0 aliphatic rings. The van der Waals surface area contributed by atoms with Crippen LogP contribution in [-0.2, 0) is 29.2 Å². The molecule has 0 spiro atoms. The highest BCUT2D eigenvalue weighted by molar-refractivity contribution is 6.32. The van der Waals surface area contributed by atoms with Gasteiger partial charge in [-0.05, 0) is 6.07 Å². The van der Waals surface area contributed by atoms with Gasteiger partial charge in [0.05, 0.1) is 18.0 Å². The van der Waals surface area contributed by atoms with Crippen molar-refractivity contribution in [1.29, 1.82) is 0 Å². The van der Waals surface area contributed by atoms with E-state index in [4.69, 9.17) is 26.3 Å². The highest BCUT2D eigenvalue weighted by Crippen LogP contribution is 2.41. The Morgan fingerprint density at radius 3 is 2.73 bits per heavy atom. The zero-order chi connectivity index (χ0) is 22.5. The van der Waals surface area contributed by atoms with Gasteiger partial charge in [-0.2, -0.15) is 13.2 Å². The number of nitro benzene ring substituents is 1. The highest BCUT2D eigenvalue weighted by atomic mass is 35.5. The Balaban J connectivity index is 2.32. The number of carbonyl (C=O) groups is 1. The monoisotopic (exact) mass is 450 g/mol. The van der Waals surface area contributed by atoms with Crippen LogP contribution in [0.25, 0.3) is 0 Å². The number of ether oxygens (including phenoxy) is 2. The molecular formula is C16H14ClF3N4O6. The van der Waals surface area contributed by atoms with Gasteiger partial charge < -0.3 is 14.7 Å². The summed E-state index contributed by atoms with van der Waals surface area (Å²) in [6, 6.07) is 3.17. The van der Waals surface area contributed by atoms with Crippen molar-refractivity contribution in [3.05, 3.63) is 44.6 Å². The Bertz CT molecular complexity index is 977. The van der Waals surface area contributed by atoms with Gasteiger partial charge in [-0.15, -0.1) is 10.3 Å². The van der Waals surface area contributed by atoms with Crippen LogP contribution in [0.2, 0.25) is 5.02 Å². The largest absolute Gasteiger partial charge is 0.465 e. The lowest BCUT2D eigenvalue weighted by molar-refractivity contribution is -0.384. The second kappa shape index (κ2) is 9.43. The number of aryl methyl sites for hydroxylation is 1. The second-order valence-electron chi connectivity index (χ2n) is 5.72. The van der Waals surface area contributed by atoms with E-state index in [9.17, 15) is 28.1 Å². The van der Waals surface area contributed by atoms with Crippen LogP contribution in [0.1, 0.15) is 17.7 Å². The summed E-state index contributed by atoms with van der Waals surface area (Å²) in [4.78, 5) is 22.3.